The highest BCUT2D eigenvalue weighted by Gasteiger charge is 2.40. The van der Waals surface area contributed by atoms with Crippen LogP contribution in [0.2, 0.25) is 0 Å². The summed E-state index contributed by atoms with van der Waals surface area (Å²) in [5, 5.41) is 22.5. The molecule has 0 bridgehead atoms. The highest BCUT2D eigenvalue weighted by molar-refractivity contribution is 7.90. The smallest absolute Gasteiger partial charge is 0.326 e. The molecule has 0 saturated carbocycles. The van der Waals surface area contributed by atoms with Crippen LogP contribution in [0.1, 0.15) is 36.8 Å². The van der Waals surface area contributed by atoms with Crippen LogP contribution in [-0.4, -0.2) is 69.3 Å². The minimum absolute atomic E-state index is 0.00125. The second-order valence-corrected chi connectivity index (χ2v) is 12.9. The number of hydrogen-bond donors (Lipinski definition) is 5. The molecule has 3 rings (SSSR count). The number of carboxylic acids is 1. The van der Waals surface area contributed by atoms with Gasteiger partial charge in [-0.1, -0.05) is 35.4 Å². The lowest BCUT2D eigenvalue weighted by Gasteiger charge is -2.25. The maximum Gasteiger partial charge on any atom is 0.326 e. The van der Waals surface area contributed by atoms with Crippen molar-refractivity contribution < 1.29 is 31.5 Å². The standard InChI is InChI=1S/C25H33N5O7S2/c1-17-7-11-19(12-8-17)38(34,35)29-25(26)27-15-3-5-21(24(32)33)28-23(31)22-6-4-16-30(22)39(36,37)20-13-9-18(2)10-14-20/h7-14,21-22H,3-6,15-16H2,1-2H3,(H,28,31)(H,32,33)(H3,26,27,29)/t21-,22-/m0/s1. The molecule has 0 radical (unpaired) electrons. The molecule has 1 fully saturated rings. The summed E-state index contributed by atoms with van der Waals surface area (Å²) in [7, 11) is -7.89. The van der Waals surface area contributed by atoms with E-state index in [2.05, 4.69) is 15.4 Å². The minimum Gasteiger partial charge on any atom is -0.480 e. The first-order valence-corrected chi connectivity index (χ1v) is 15.3. The number of amides is 1. The third-order valence-corrected chi connectivity index (χ3v) is 9.58. The summed E-state index contributed by atoms with van der Waals surface area (Å²) in [6.07, 6.45) is 0.889. The van der Waals surface area contributed by atoms with E-state index in [1.165, 1.54) is 24.3 Å². The van der Waals surface area contributed by atoms with Gasteiger partial charge < -0.3 is 15.7 Å². The normalized spacial score (nSPS) is 16.8. The van der Waals surface area contributed by atoms with Gasteiger partial charge in [-0.15, -0.1) is 0 Å². The summed E-state index contributed by atoms with van der Waals surface area (Å²) in [5.74, 6) is -2.46. The Morgan fingerprint density at radius 2 is 1.56 bits per heavy atom. The zero-order chi connectivity index (χ0) is 28.8. The minimum atomic E-state index is -3.95. The summed E-state index contributed by atoms with van der Waals surface area (Å²) in [5.41, 5.74) is 1.78. The van der Waals surface area contributed by atoms with Crippen LogP contribution in [-0.2, 0) is 29.6 Å². The van der Waals surface area contributed by atoms with Crippen molar-refractivity contribution in [1.29, 1.82) is 5.41 Å². The number of nitrogens with zero attached hydrogens (tertiary/aromatic N) is 1. The van der Waals surface area contributed by atoms with Crippen LogP contribution in [0.25, 0.3) is 0 Å². The van der Waals surface area contributed by atoms with E-state index < -0.39 is 50.0 Å². The monoisotopic (exact) mass is 579 g/mol. The van der Waals surface area contributed by atoms with Crippen molar-refractivity contribution in [3.05, 3.63) is 59.7 Å². The van der Waals surface area contributed by atoms with Crippen molar-refractivity contribution in [1.82, 2.24) is 19.7 Å². The molecule has 39 heavy (non-hydrogen) atoms. The maximum atomic E-state index is 13.1. The molecule has 1 aliphatic heterocycles. The molecule has 0 aromatic heterocycles. The Kier molecular flexibility index (Phi) is 9.69. The molecule has 2 aromatic carbocycles. The maximum absolute atomic E-state index is 13.1. The molecule has 2 atom stereocenters. The van der Waals surface area contributed by atoms with Crippen LogP contribution in [0.5, 0.6) is 0 Å². The van der Waals surface area contributed by atoms with E-state index in [9.17, 15) is 31.5 Å². The van der Waals surface area contributed by atoms with Gasteiger partial charge in [-0.3, -0.25) is 10.2 Å². The number of rotatable bonds is 11. The van der Waals surface area contributed by atoms with E-state index in [1.54, 1.807) is 24.3 Å². The molecule has 0 spiro atoms. The summed E-state index contributed by atoms with van der Waals surface area (Å²) in [4.78, 5) is 24.8. The van der Waals surface area contributed by atoms with Crippen LogP contribution in [0, 0.1) is 19.3 Å². The van der Waals surface area contributed by atoms with Crippen LogP contribution >= 0.6 is 0 Å². The Labute approximate surface area is 228 Å². The molecule has 14 heteroatoms. The average molecular weight is 580 g/mol. The van der Waals surface area contributed by atoms with Gasteiger partial charge in [0.2, 0.25) is 21.9 Å². The molecular weight excluding hydrogens is 546 g/mol. The molecule has 1 heterocycles. The highest BCUT2D eigenvalue weighted by atomic mass is 32.2. The van der Waals surface area contributed by atoms with E-state index in [4.69, 9.17) is 5.41 Å². The average Bonchev–Trinajstić information content (AvgIpc) is 3.37. The summed E-state index contributed by atoms with van der Waals surface area (Å²) in [6.45, 7) is 3.86. The fourth-order valence-electron chi connectivity index (χ4n) is 4.13. The number of aliphatic carboxylic acids is 1. The van der Waals surface area contributed by atoms with E-state index in [0.29, 0.717) is 6.42 Å². The first kappa shape index (κ1) is 30.1. The van der Waals surface area contributed by atoms with Gasteiger partial charge in [0.15, 0.2) is 0 Å². The van der Waals surface area contributed by atoms with Crippen molar-refractivity contribution in [3.63, 3.8) is 0 Å². The van der Waals surface area contributed by atoms with Crippen LogP contribution in [0.4, 0.5) is 0 Å². The predicted molar refractivity (Wildman–Crippen MR) is 144 cm³/mol. The lowest BCUT2D eigenvalue weighted by molar-refractivity contribution is -0.142. The molecule has 2 aromatic rings. The van der Waals surface area contributed by atoms with Gasteiger partial charge >= 0.3 is 5.97 Å². The number of carboxylic acid groups (broad SMARTS) is 1. The van der Waals surface area contributed by atoms with Gasteiger partial charge in [0.05, 0.1) is 9.79 Å². The Morgan fingerprint density at radius 1 is 1.00 bits per heavy atom. The lowest BCUT2D eigenvalue weighted by Crippen LogP contribution is -2.51. The fourth-order valence-corrected chi connectivity index (χ4v) is 6.74. The van der Waals surface area contributed by atoms with Crippen molar-refractivity contribution in [2.24, 2.45) is 0 Å². The van der Waals surface area contributed by atoms with Gasteiger partial charge in [0.25, 0.3) is 10.0 Å². The fraction of sp³-hybridized carbons (Fsp3) is 0.400. The zero-order valence-corrected chi connectivity index (χ0v) is 23.3. The van der Waals surface area contributed by atoms with Gasteiger partial charge in [-0.2, -0.15) is 4.31 Å². The van der Waals surface area contributed by atoms with Crippen molar-refractivity contribution in [3.8, 4) is 0 Å². The summed E-state index contributed by atoms with van der Waals surface area (Å²) >= 11 is 0. The molecular formula is C25H33N5O7S2. The third kappa shape index (κ3) is 7.77. The number of carbonyl (C=O) groups is 2. The van der Waals surface area contributed by atoms with Gasteiger partial charge in [-0.25, -0.2) is 26.4 Å². The number of aryl methyl sites for hydroxylation is 2. The third-order valence-electron chi connectivity index (χ3n) is 6.29. The zero-order valence-electron chi connectivity index (χ0n) is 21.7. The van der Waals surface area contributed by atoms with Crippen LogP contribution in [0.15, 0.2) is 58.3 Å². The number of sulfonamides is 2. The summed E-state index contributed by atoms with van der Waals surface area (Å²) in [6, 6.07) is 10.1. The van der Waals surface area contributed by atoms with Crippen molar-refractivity contribution in [2.45, 2.75) is 61.4 Å². The predicted octanol–water partition coefficient (Wildman–Crippen LogP) is 1.31. The highest BCUT2D eigenvalue weighted by Crippen LogP contribution is 2.26. The number of hydrogen-bond acceptors (Lipinski definition) is 7. The molecule has 1 amide bonds. The van der Waals surface area contributed by atoms with Crippen molar-refractivity contribution in [2.75, 3.05) is 13.1 Å². The number of benzene rings is 2. The van der Waals surface area contributed by atoms with E-state index in [0.717, 1.165) is 15.4 Å². The van der Waals surface area contributed by atoms with Crippen LogP contribution < -0.4 is 15.4 Å². The second-order valence-electron chi connectivity index (χ2n) is 9.35. The molecule has 12 nitrogen and oxygen atoms in total. The molecule has 1 aliphatic rings. The topological polar surface area (TPSA) is 186 Å². The first-order chi connectivity index (χ1) is 18.3. The molecule has 212 valence electrons. The molecule has 1 saturated heterocycles. The molecule has 0 aliphatic carbocycles. The Hall–Kier alpha value is -3.49. The first-order valence-electron chi connectivity index (χ1n) is 12.3. The van der Waals surface area contributed by atoms with Crippen LogP contribution in [0.3, 0.4) is 0 Å². The molecule has 5 N–H and O–H groups in total. The quantitative estimate of drug-likeness (QED) is 0.150. The van der Waals surface area contributed by atoms with E-state index in [-0.39, 0.29) is 42.1 Å². The lowest BCUT2D eigenvalue weighted by atomic mass is 10.1. The number of carbonyl (C=O) groups excluding carboxylic acids is 1. The van der Waals surface area contributed by atoms with Gasteiger partial charge in [-0.05, 0) is 63.8 Å². The summed E-state index contributed by atoms with van der Waals surface area (Å²) < 4.78 is 54.2. The number of nitrogens with one attached hydrogen (secondary N) is 4. The second kappa shape index (κ2) is 12.6. The van der Waals surface area contributed by atoms with E-state index >= 15 is 0 Å². The Bertz CT molecular complexity index is 1410. The Balaban J connectivity index is 1.53. The van der Waals surface area contributed by atoms with Crippen molar-refractivity contribution >= 4 is 37.9 Å². The number of guanidine groups is 1. The van der Waals surface area contributed by atoms with E-state index in [1.807, 2.05) is 13.8 Å². The Morgan fingerprint density at radius 3 is 2.13 bits per heavy atom. The SMILES string of the molecule is Cc1ccc(S(=O)(=O)NC(=N)NCCC[C@H](NC(=O)[C@@H]2CCCN2S(=O)(=O)c2ccc(C)cc2)C(=O)O)cc1. The van der Waals surface area contributed by atoms with Gasteiger partial charge in [0, 0.05) is 13.1 Å². The molecule has 0 unspecified atom stereocenters. The van der Waals surface area contributed by atoms with Gasteiger partial charge in [0.1, 0.15) is 12.1 Å². The largest absolute Gasteiger partial charge is 0.480 e.